The molecule has 0 aromatic heterocycles. The molecule has 8 heteroatoms. The van der Waals surface area contributed by atoms with Crippen molar-refractivity contribution < 1.29 is 9.53 Å². The highest BCUT2D eigenvalue weighted by atomic mass is 35.5. The zero-order valence-electron chi connectivity index (χ0n) is 17.1. The van der Waals surface area contributed by atoms with E-state index in [1.54, 1.807) is 0 Å². The van der Waals surface area contributed by atoms with E-state index in [1.165, 1.54) is 5.56 Å². The van der Waals surface area contributed by atoms with Crippen LogP contribution in [0.15, 0.2) is 29.3 Å². The average molecular weight is 422 g/mol. The van der Waals surface area contributed by atoms with Crippen molar-refractivity contribution in [3.63, 3.8) is 0 Å². The molecular formula is C21H32ClN5O2. The van der Waals surface area contributed by atoms with Gasteiger partial charge in [0.25, 0.3) is 0 Å². The van der Waals surface area contributed by atoms with Crippen molar-refractivity contribution in [1.29, 1.82) is 0 Å². The van der Waals surface area contributed by atoms with Crippen molar-refractivity contribution in [2.24, 2.45) is 10.9 Å². The maximum atomic E-state index is 11.7. The Morgan fingerprint density at radius 2 is 1.86 bits per heavy atom. The molecule has 1 aliphatic heterocycles. The minimum Gasteiger partial charge on any atom is -0.379 e. The van der Waals surface area contributed by atoms with Crippen molar-refractivity contribution in [3.05, 3.63) is 34.9 Å². The molecule has 1 aliphatic carbocycles. The predicted octanol–water partition coefficient (Wildman–Crippen LogP) is 1.79. The number of rotatable bonds is 9. The minimum atomic E-state index is 0.168. The van der Waals surface area contributed by atoms with Crippen LogP contribution in [0.3, 0.4) is 0 Å². The zero-order chi connectivity index (χ0) is 20.5. The second-order valence-corrected chi connectivity index (χ2v) is 7.86. The normalized spacial score (nSPS) is 18.9. The van der Waals surface area contributed by atoms with Crippen LogP contribution < -0.4 is 16.0 Å². The van der Waals surface area contributed by atoms with Crippen LogP contribution in [0.4, 0.5) is 0 Å². The molecule has 29 heavy (non-hydrogen) atoms. The third-order valence-electron chi connectivity index (χ3n) is 5.17. The number of guanidine groups is 1. The van der Waals surface area contributed by atoms with Gasteiger partial charge in [0.1, 0.15) is 0 Å². The molecule has 0 bridgehead atoms. The molecule has 0 radical (unpaired) electrons. The Hall–Kier alpha value is -1.83. The van der Waals surface area contributed by atoms with E-state index in [0.29, 0.717) is 19.6 Å². The van der Waals surface area contributed by atoms with Gasteiger partial charge in [-0.15, -0.1) is 0 Å². The third-order valence-corrected chi connectivity index (χ3v) is 5.42. The molecule has 1 saturated carbocycles. The minimum absolute atomic E-state index is 0.168. The van der Waals surface area contributed by atoms with Crippen LogP contribution in [0.2, 0.25) is 5.02 Å². The molecule has 1 amide bonds. The fraction of sp³-hybridized carbons (Fsp3) is 0.619. The number of nitrogens with zero attached hydrogens (tertiary/aromatic N) is 2. The Kier molecular flexibility index (Phi) is 8.58. The van der Waals surface area contributed by atoms with Crippen molar-refractivity contribution >= 4 is 23.5 Å². The van der Waals surface area contributed by atoms with Crippen molar-refractivity contribution in [3.8, 4) is 0 Å². The molecule has 2 aliphatic rings. The number of ether oxygens (including phenoxy) is 1. The summed E-state index contributed by atoms with van der Waals surface area (Å²) >= 11 is 6.08. The molecule has 0 spiro atoms. The fourth-order valence-electron chi connectivity index (χ4n) is 3.38. The van der Waals surface area contributed by atoms with Gasteiger partial charge in [-0.05, 0) is 37.5 Å². The first-order valence-electron chi connectivity index (χ1n) is 10.5. The van der Waals surface area contributed by atoms with Gasteiger partial charge in [0.05, 0.1) is 25.8 Å². The summed E-state index contributed by atoms with van der Waals surface area (Å²) in [4.78, 5) is 19.0. The number of carbonyl (C=O) groups excluding carboxylic acids is 1. The topological polar surface area (TPSA) is 78.0 Å². The highest BCUT2D eigenvalue weighted by molar-refractivity contribution is 6.30. The van der Waals surface area contributed by atoms with E-state index in [4.69, 9.17) is 21.3 Å². The van der Waals surface area contributed by atoms with Gasteiger partial charge < -0.3 is 20.7 Å². The van der Waals surface area contributed by atoms with Crippen LogP contribution in [-0.4, -0.2) is 69.2 Å². The molecule has 1 aromatic carbocycles. The van der Waals surface area contributed by atoms with E-state index in [1.807, 2.05) is 19.1 Å². The first-order valence-corrected chi connectivity index (χ1v) is 10.9. The summed E-state index contributed by atoms with van der Waals surface area (Å²) in [6, 6.07) is 8.18. The summed E-state index contributed by atoms with van der Waals surface area (Å²) in [5.74, 6) is 1.18. The molecule has 160 valence electrons. The first-order chi connectivity index (χ1) is 14.2. The third kappa shape index (κ3) is 7.17. The van der Waals surface area contributed by atoms with Gasteiger partial charge in [-0.1, -0.05) is 23.7 Å². The molecular weight excluding hydrogens is 390 g/mol. The Bertz CT molecular complexity index is 672. The Morgan fingerprint density at radius 1 is 1.17 bits per heavy atom. The lowest BCUT2D eigenvalue weighted by atomic mass is 10.0. The SMILES string of the molecule is CCNC(=NCC(c1ccc(Cl)cc1)N1CCOCC1)NCCNC(=O)C1CC1. The molecule has 1 atom stereocenters. The zero-order valence-corrected chi connectivity index (χ0v) is 17.9. The molecule has 1 aromatic rings. The molecule has 2 fully saturated rings. The van der Waals surface area contributed by atoms with E-state index < -0.39 is 0 Å². The number of benzene rings is 1. The Labute approximate surface area is 178 Å². The van der Waals surface area contributed by atoms with Gasteiger partial charge in [-0.3, -0.25) is 14.7 Å². The summed E-state index contributed by atoms with van der Waals surface area (Å²) in [5.41, 5.74) is 1.20. The Balaban J connectivity index is 1.58. The van der Waals surface area contributed by atoms with Crippen LogP contribution in [0.1, 0.15) is 31.4 Å². The summed E-state index contributed by atoms with van der Waals surface area (Å²) in [6.45, 7) is 7.97. The van der Waals surface area contributed by atoms with Crippen LogP contribution in [-0.2, 0) is 9.53 Å². The number of nitrogens with one attached hydrogen (secondary N) is 3. The average Bonchev–Trinajstić information content (AvgIpc) is 3.58. The maximum Gasteiger partial charge on any atom is 0.223 e. The van der Waals surface area contributed by atoms with Gasteiger partial charge in [0.2, 0.25) is 5.91 Å². The van der Waals surface area contributed by atoms with Crippen LogP contribution in [0, 0.1) is 5.92 Å². The summed E-state index contributed by atoms with van der Waals surface area (Å²) < 4.78 is 5.52. The van der Waals surface area contributed by atoms with Gasteiger partial charge in [0.15, 0.2) is 5.96 Å². The summed E-state index contributed by atoms with van der Waals surface area (Å²) in [7, 11) is 0. The highest BCUT2D eigenvalue weighted by Gasteiger charge is 2.29. The van der Waals surface area contributed by atoms with Crippen LogP contribution in [0.25, 0.3) is 0 Å². The van der Waals surface area contributed by atoms with E-state index in [-0.39, 0.29) is 17.9 Å². The van der Waals surface area contributed by atoms with Crippen LogP contribution in [0.5, 0.6) is 0 Å². The smallest absolute Gasteiger partial charge is 0.223 e. The predicted molar refractivity (Wildman–Crippen MR) is 116 cm³/mol. The van der Waals surface area contributed by atoms with E-state index >= 15 is 0 Å². The van der Waals surface area contributed by atoms with E-state index in [2.05, 4.69) is 33.0 Å². The van der Waals surface area contributed by atoms with Gasteiger partial charge in [0, 0.05) is 43.7 Å². The number of amides is 1. The van der Waals surface area contributed by atoms with Gasteiger partial charge in [-0.25, -0.2) is 0 Å². The molecule has 1 heterocycles. The maximum absolute atomic E-state index is 11.7. The van der Waals surface area contributed by atoms with E-state index in [0.717, 1.165) is 56.7 Å². The number of hydrogen-bond acceptors (Lipinski definition) is 4. The number of morpholine rings is 1. The fourth-order valence-corrected chi connectivity index (χ4v) is 3.51. The summed E-state index contributed by atoms with van der Waals surface area (Å²) in [5, 5.41) is 10.3. The first kappa shape index (κ1) is 21.9. The molecule has 3 N–H and O–H groups in total. The lowest BCUT2D eigenvalue weighted by Crippen LogP contribution is -2.43. The number of hydrogen-bond donors (Lipinski definition) is 3. The highest BCUT2D eigenvalue weighted by Crippen LogP contribution is 2.28. The molecule has 7 nitrogen and oxygen atoms in total. The lowest BCUT2D eigenvalue weighted by Gasteiger charge is -2.34. The van der Waals surface area contributed by atoms with Crippen molar-refractivity contribution in [2.75, 3.05) is 52.5 Å². The standard InChI is InChI=1S/C21H32ClN5O2/c1-2-23-21(25-10-9-24-20(28)17-3-4-17)26-15-19(27-11-13-29-14-12-27)16-5-7-18(22)8-6-16/h5-8,17,19H,2-4,9-15H2,1H3,(H,24,28)(H2,23,25,26). The van der Waals surface area contributed by atoms with E-state index in [9.17, 15) is 4.79 Å². The molecule has 1 saturated heterocycles. The largest absolute Gasteiger partial charge is 0.379 e. The van der Waals surface area contributed by atoms with Crippen molar-refractivity contribution in [1.82, 2.24) is 20.9 Å². The van der Waals surface area contributed by atoms with Gasteiger partial charge >= 0.3 is 0 Å². The quantitative estimate of drug-likeness (QED) is 0.322. The second-order valence-electron chi connectivity index (χ2n) is 7.43. The van der Waals surface area contributed by atoms with Crippen molar-refractivity contribution in [2.45, 2.75) is 25.8 Å². The lowest BCUT2D eigenvalue weighted by molar-refractivity contribution is -0.122. The molecule has 1 unspecified atom stereocenters. The van der Waals surface area contributed by atoms with Crippen LogP contribution >= 0.6 is 11.6 Å². The Morgan fingerprint density at radius 3 is 2.52 bits per heavy atom. The second kappa shape index (κ2) is 11.4. The number of aliphatic imine (C=N–C) groups is 1. The number of carbonyl (C=O) groups is 1. The van der Waals surface area contributed by atoms with Gasteiger partial charge in [-0.2, -0.15) is 0 Å². The summed E-state index contributed by atoms with van der Waals surface area (Å²) in [6.07, 6.45) is 2.05. The molecule has 3 rings (SSSR count). The number of halogens is 1. The monoisotopic (exact) mass is 421 g/mol.